The zero-order valence-electron chi connectivity index (χ0n) is 14.1. The number of hydrogen-bond acceptors (Lipinski definition) is 2. The summed E-state index contributed by atoms with van der Waals surface area (Å²) in [7, 11) is 0. The second-order valence-electron chi connectivity index (χ2n) is 6.05. The van der Waals surface area contributed by atoms with E-state index in [1.54, 1.807) is 4.90 Å². The molecule has 1 heterocycles. The maximum Gasteiger partial charge on any atom is 0.317 e. The first-order chi connectivity index (χ1) is 12.5. The maximum absolute atomic E-state index is 13.8. The first-order valence-corrected chi connectivity index (χ1v) is 8.35. The van der Waals surface area contributed by atoms with Gasteiger partial charge in [-0.3, -0.25) is 4.79 Å². The van der Waals surface area contributed by atoms with Crippen LogP contribution in [0, 0.1) is 11.6 Å². The molecule has 5 nitrogen and oxygen atoms in total. The van der Waals surface area contributed by atoms with Crippen LogP contribution in [0.15, 0.2) is 48.5 Å². The third-order valence-electron chi connectivity index (χ3n) is 4.30. The zero-order valence-corrected chi connectivity index (χ0v) is 14.1. The molecular weight excluding hydrogens is 340 g/mol. The van der Waals surface area contributed by atoms with Gasteiger partial charge in [0.15, 0.2) is 0 Å². The van der Waals surface area contributed by atoms with Gasteiger partial charge >= 0.3 is 6.03 Å². The lowest BCUT2D eigenvalue weighted by Crippen LogP contribution is -2.53. The highest BCUT2D eigenvalue weighted by Crippen LogP contribution is 2.14. The van der Waals surface area contributed by atoms with E-state index in [9.17, 15) is 18.4 Å². The quantitative estimate of drug-likeness (QED) is 0.916. The average molecular weight is 359 g/mol. The smallest absolute Gasteiger partial charge is 0.317 e. The Bertz CT molecular complexity index is 791. The molecule has 3 rings (SSSR count). The fourth-order valence-electron chi connectivity index (χ4n) is 2.83. The Hall–Kier alpha value is -2.96. The van der Waals surface area contributed by atoms with E-state index in [4.69, 9.17) is 0 Å². The molecule has 0 bridgehead atoms. The van der Waals surface area contributed by atoms with Crippen LogP contribution in [0.25, 0.3) is 0 Å². The summed E-state index contributed by atoms with van der Waals surface area (Å²) >= 11 is 0. The van der Waals surface area contributed by atoms with Crippen molar-refractivity contribution < 1.29 is 18.4 Å². The third-order valence-corrected chi connectivity index (χ3v) is 4.30. The highest BCUT2D eigenvalue weighted by molar-refractivity contribution is 5.94. The predicted molar refractivity (Wildman–Crippen MR) is 92.5 cm³/mol. The van der Waals surface area contributed by atoms with Crippen molar-refractivity contribution in [2.75, 3.05) is 26.2 Å². The van der Waals surface area contributed by atoms with Crippen LogP contribution in [-0.2, 0) is 6.54 Å². The Morgan fingerprint density at radius 2 is 1.58 bits per heavy atom. The Morgan fingerprint density at radius 1 is 0.923 bits per heavy atom. The van der Waals surface area contributed by atoms with E-state index in [0.29, 0.717) is 19.6 Å². The Kier molecular flexibility index (Phi) is 5.46. The lowest BCUT2D eigenvalue weighted by Gasteiger charge is -2.34. The van der Waals surface area contributed by atoms with Crippen LogP contribution in [-0.4, -0.2) is 47.9 Å². The molecule has 0 atom stereocenters. The highest BCUT2D eigenvalue weighted by atomic mass is 19.1. The highest BCUT2D eigenvalue weighted by Gasteiger charge is 2.26. The summed E-state index contributed by atoms with van der Waals surface area (Å²) in [5.74, 6) is -1.97. The maximum atomic E-state index is 13.8. The number of halogens is 2. The summed E-state index contributed by atoms with van der Waals surface area (Å²) in [4.78, 5) is 27.6. The minimum Gasteiger partial charge on any atom is -0.335 e. The van der Waals surface area contributed by atoms with Gasteiger partial charge in [-0.05, 0) is 23.8 Å². The van der Waals surface area contributed by atoms with E-state index < -0.39 is 17.5 Å². The molecule has 7 heteroatoms. The number of urea groups is 1. The van der Waals surface area contributed by atoms with Crippen molar-refractivity contribution in [2.24, 2.45) is 0 Å². The molecule has 3 amide bonds. The summed E-state index contributed by atoms with van der Waals surface area (Å²) < 4.78 is 27.0. The topological polar surface area (TPSA) is 52.7 Å². The largest absolute Gasteiger partial charge is 0.335 e. The molecule has 0 aromatic heterocycles. The molecule has 1 aliphatic heterocycles. The molecule has 2 aromatic carbocycles. The summed E-state index contributed by atoms with van der Waals surface area (Å²) in [5.41, 5.74) is 0.711. The van der Waals surface area contributed by atoms with Crippen molar-refractivity contribution in [3.05, 3.63) is 71.3 Å². The normalized spacial score (nSPS) is 14.2. The fourth-order valence-corrected chi connectivity index (χ4v) is 2.83. The number of benzene rings is 2. The molecule has 0 saturated carbocycles. The number of hydrogen-bond donors (Lipinski definition) is 1. The zero-order chi connectivity index (χ0) is 18.5. The Morgan fingerprint density at radius 3 is 2.27 bits per heavy atom. The van der Waals surface area contributed by atoms with Crippen LogP contribution < -0.4 is 5.32 Å². The van der Waals surface area contributed by atoms with Crippen LogP contribution in [0.4, 0.5) is 13.6 Å². The van der Waals surface area contributed by atoms with Gasteiger partial charge in [-0.1, -0.05) is 30.3 Å². The minimum absolute atomic E-state index is 0.210. The molecule has 0 radical (unpaired) electrons. The van der Waals surface area contributed by atoms with E-state index >= 15 is 0 Å². The molecule has 26 heavy (non-hydrogen) atoms. The van der Waals surface area contributed by atoms with Crippen molar-refractivity contribution in [2.45, 2.75) is 6.54 Å². The van der Waals surface area contributed by atoms with Gasteiger partial charge in [0.05, 0.1) is 5.56 Å². The van der Waals surface area contributed by atoms with E-state index in [0.717, 1.165) is 23.8 Å². The summed E-state index contributed by atoms with van der Waals surface area (Å²) in [5, 5.41) is 2.83. The van der Waals surface area contributed by atoms with Crippen molar-refractivity contribution in [1.82, 2.24) is 15.1 Å². The van der Waals surface area contributed by atoms with Gasteiger partial charge in [0.2, 0.25) is 0 Å². The number of amides is 3. The summed E-state index contributed by atoms with van der Waals surface area (Å²) in [6.07, 6.45) is 0. The fraction of sp³-hybridized carbons (Fsp3) is 0.263. The van der Waals surface area contributed by atoms with E-state index in [2.05, 4.69) is 5.32 Å². The van der Waals surface area contributed by atoms with Crippen LogP contribution in [0.3, 0.4) is 0 Å². The van der Waals surface area contributed by atoms with E-state index in [-0.39, 0.29) is 24.7 Å². The van der Waals surface area contributed by atoms with Gasteiger partial charge in [-0.15, -0.1) is 0 Å². The lowest BCUT2D eigenvalue weighted by atomic mass is 10.1. The van der Waals surface area contributed by atoms with Crippen molar-refractivity contribution >= 4 is 11.9 Å². The van der Waals surface area contributed by atoms with Gasteiger partial charge < -0.3 is 15.1 Å². The van der Waals surface area contributed by atoms with Crippen molar-refractivity contribution in [3.63, 3.8) is 0 Å². The summed E-state index contributed by atoms with van der Waals surface area (Å²) in [6.45, 7) is 1.64. The molecule has 0 aliphatic carbocycles. The molecule has 136 valence electrons. The Balaban J connectivity index is 1.53. The molecule has 1 saturated heterocycles. The number of rotatable bonds is 3. The minimum atomic E-state index is -0.751. The Labute approximate surface area is 150 Å². The number of carbonyl (C=O) groups excluding carboxylic acids is 2. The number of nitrogens with one attached hydrogen (secondary N) is 1. The van der Waals surface area contributed by atoms with Crippen molar-refractivity contribution in [1.29, 1.82) is 0 Å². The van der Waals surface area contributed by atoms with Crippen LogP contribution in [0.1, 0.15) is 15.9 Å². The van der Waals surface area contributed by atoms with Gasteiger partial charge in [0.1, 0.15) is 11.6 Å². The molecular formula is C19H19F2N3O2. The second-order valence-corrected chi connectivity index (χ2v) is 6.05. The molecule has 1 fully saturated rings. The second kappa shape index (κ2) is 7.95. The average Bonchev–Trinajstić information content (AvgIpc) is 2.68. The van der Waals surface area contributed by atoms with Crippen LogP contribution >= 0.6 is 0 Å². The van der Waals surface area contributed by atoms with E-state index in [1.807, 2.05) is 30.3 Å². The van der Waals surface area contributed by atoms with Gasteiger partial charge in [-0.2, -0.15) is 0 Å². The number of piperazine rings is 1. The first-order valence-electron chi connectivity index (χ1n) is 8.35. The molecule has 2 aromatic rings. The molecule has 0 unspecified atom stereocenters. The first kappa shape index (κ1) is 17.8. The van der Waals surface area contributed by atoms with E-state index in [1.165, 1.54) is 4.90 Å². The SMILES string of the molecule is O=C(NCc1ccccc1)N1CCN(C(=O)c2cc(F)ccc2F)CC1. The molecule has 0 spiro atoms. The van der Waals surface area contributed by atoms with Gasteiger partial charge in [0.25, 0.3) is 5.91 Å². The lowest BCUT2D eigenvalue weighted by molar-refractivity contribution is 0.0659. The number of carbonyl (C=O) groups is 2. The molecule has 1 N–H and O–H groups in total. The van der Waals surface area contributed by atoms with Crippen LogP contribution in [0.5, 0.6) is 0 Å². The number of nitrogens with zero attached hydrogens (tertiary/aromatic N) is 2. The van der Waals surface area contributed by atoms with Gasteiger partial charge in [-0.25, -0.2) is 13.6 Å². The van der Waals surface area contributed by atoms with Gasteiger partial charge in [0, 0.05) is 32.7 Å². The summed E-state index contributed by atoms with van der Waals surface area (Å²) in [6, 6.07) is 12.2. The predicted octanol–water partition coefficient (Wildman–Crippen LogP) is 2.63. The monoisotopic (exact) mass is 359 g/mol. The molecule has 1 aliphatic rings. The van der Waals surface area contributed by atoms with Crippen LogP contribution in [0.2, 0.25) is 0 Å². The standard InChI is InChI=1S/C19H19F2N3O2/c20-15-6-7-17(21)16(12-15)18(25)23-8-10-24(11-9-23)19(26)22-13-14-4-2-1-3-5-14/h1-7,12H,8-11,13H2,(H,22,26). The van der Waals surface area contributed by atoms with Crippen molar-refractivity contribution in [3.8, 4) is 0 Å². The third kappa shape index (κ3) is 4.17.